The van der Waals surface area contributed by atoms with E-state index in [2.05, 4.69) is 12.0 Å². The summed E-state index contributed by atoms with van der Waals surface area (Å²) in [5, 5.41) is 34.1. The van der Waals surface area contributed by atoms with E-state index >= 15 is 0 Å². The average molecular weight is 489 g/mol. The molecule has 1 aliphatic carbocycles. The van der Waals surface area contributed by atoms with Gasteiger partial charge in [-0.05, 0) is 65.5 Å². The van der Waals surface area contributed by atoms with E-state index in [1.807, 2.05) is 25.4 Å². The summed E-state index contributed by atoms with van der Waals surface area (Å²) < 4.78 is 7.32. The number of aryl methyl sites for hydroxylation is 1. The van der Waals surface area contributed by atoms with E-state index in [-0.39, 0.29) is 17.9 Å². The molecule has 9 nitrogen and oxygen atoms in total. The molecule has 0 unspecified atom stereocenters. The van der Waals surface area contributed by atoms with Crippen LogP contribution < -0.4 is 4.80 Å². The number of carbonyl (C=O) groups is 1. The molecular weight excluding hydrogens is 456 g/mol. The minimum absolute atomic E-state index is 0.0661. The lowest BCUT2D eigenvalue weighted by Gasteiger charge is -2.32. The van der Waals surface area contributed by atoms with E-state index in [0.717, 1.165) is 41.1 Å². The first kappa shape index (κ1) is 24.1. The number of hydrogen-bond donors (Lipinski definition) is 3. The van der Waals surface area contributed by atoms with Gasteiger partial charge in [0.15, 0.2) is 11.5 Å². The van der Waals surface area contributed by atoms with Crippen LogP contribution in [-0.4, -0.2) is 61.9 Å². The van der Waals surface area contributed by atoms with Gasteiger partial charge in [0.2, 0.25) is 10.6 Å². The number of nitrogens with zero attached hydrogens (tertiary/aromatic N) is 4. The number of carbonyl (C=O) groups excluding carboxylic acids is 1. The molecule has 1 amide bonds. The number of phenols is 3. The first-order valence-electron chi connectivity index (χ1n) is 11.6. The Hall–Kier alpha value is -3.01. The van der Waals surface area contributed by atoms with Gasteiger partial charge in [-0.1, -0.05) is 0 Å². The van der Waals surface area contributed by atoms with Crippen LogP contribution in [0.25, 0.3) is 0 Å². The second kappa shape index (κ2) is 9.32. The number of amides is 1. The molecule has 10 heteroatoms. The summed E-state index contributed by atoms with van der Waals surface area (Å²) in [6.07, 6.45) is 4.87. The Morgan fingerprint density at radius 2 is 1.79 bits per heavy atom. The van der Waals surface area contributed by atoms with Gasteiger partial charge in [-0.2, -0.15) is 5.10 Å². The van der Waals surface area contributed by atoms with Gasteiger partial charge in [0.25, 0.3) is 0 Å². The number of piperidine rings is 1. The second-order valence-corrected chi connectivity index (χ2v) is 11.0. The zero-order chi connectivity index (χ0) is 24.6. The molecule has 0 bridgehead atoms. The molecular formula is C24H32N4O5S. The number of rotatable bonds is 4. The third-order valence-electron chi connectivity index (χ3n) is 5.86. The van der Waals surface area contributed by atoms with E-state index in [4.69, 9.17) is 9.73 Å². The molecule has 0 spiro atoms. The van der Waals surface area contributed by atoms with Crippen LogP contribution in [0.3, 0.4) is 0 Å². The lowest BCUT2D eigenvalue weighted by molar-refractivity contribution is 0.0206. The maximum Gasteiger partial charge on any atom is 0.410 e. The molecule has 1 aromatic heterocycles. The number of aromatic hydroxyl groups is 3. The van der Waals surface area contributed by atoms with Crippen LogP contribution >= 0.6 is 11.3 Å². The normalized spacial score (nSPS) is 18.1. The topological polar surface area (TPSA) is 120 Å². The molecule has 1 saturated carbocycles. The molecule has 1 aliphatic heterocycles. The zero-order valence-electron chi connectivity index (χ0n) is 20.0. The number of thiazole rings is 1. The fourth-order valence-corrected chi connectivity index (χ4v) is 5.03. The van der Waals surface area contributed by atoms with Gasteiger partial charge in [0.05, 0.1) is 18.0 Å². The lowest BCUT2D eigenvalue weighted by Crippen LogP contribution is -2.43. The second-order valence-electron chi connectivity index (χ2n) is 9.86. The SMILES string of the molecule is Cc1sc(=NC2CCN(C(=O)OC(C)(C)C)CC2)n(N=Cc2ccc(O)c(O)c2O)c1C1CC1. The highest BCUT2D eigenvalue weighted by Crippen LogP contribution is 2.42. The summed E-state index contributed by atoms with van der Waals surface area (Å²) >= 11 is 1.59. The van der Waals surface area contributed by atoms with Crippen LogP contribution in [0.4, 0.5) is 4.79 Å². The molecule has 2 aromatic rings. The van der Waals surface area contributed by atoms with Gasteiger partial charge in [0.1, 0.15) is 5.60 Å². The van der Waals surface area contributed by atoms with Gasteiger partial charge in [-0.15, -0.1) is 11.3 Å². The highest BCUT2D eigenvalue weighted by molar-refractivity contribution is 7.09. The number of phenolic OH excluding ortho intramolecular Hbond substituents is 3. The van der Waals surface area contributed by atoms with Crippen LogP contribution in [0.15, 0.2) is 22.2 Å². The summed E-state index contributed by atoms with van der Waals surface area (Å²) in [4.78, 5) is 21.0. The minimum atomic E-state index is -0.570. The van der Waals surface area contributed by atoms with Crippen molar-refractivity contribution in [3.63, 3.8) is 0 Å². The van der Waals surface area contributed by atoms with Gasteiger partial charge in [-0.25, -0.2) is 9.47 Å². The number of benzene rings is 1. The Morgan fingerprint density at radius 3 is 2.41 bits per heavy atom. The van der Waals surface area contributed by atoms with Gasteiger partial charge in [0, 0.05) is 29.4 Å². The van der Waals surface area contributed by atoms with Crippen molar-refractivity contribution >= 4 is 23.6 Å². The monoisotopic (exact) mass is 488 g/mol. The minimum Gasteiger partial charge on any atom is -0.504 e. The van der Waals surface area contributed by atoms with E-state index in [1.54, 1.807) is 16.2 Å². The quantitative estimate of drug-likeness (QED) is 0.443. The van der Waals surface area contributed by atoms with Crippen LogP contribution in [0, 0.1) is 6.92 Å². The highest BCUT2D eigenvalue weighted by Gasteiger charge is 2.31. The maximum absolute atomic E-state index is 12.4. The molecule has 0 radical (unpaired) electrons. The maximum atomic E-state index is 12.4. The molecule has 0 atom stereocenters. The predicted octanol–water partition coefficient (Wildman–Crippen LogP) is 4.03. The van der Waals surface area contributed by atoms with E-state index in [9.17, 15) is 20.1 Å². The number of likely N-dealkylation sites (tertiary alicyclic amines) is 1. The Bertz CT molecular complexity index is 1170. The van der Waals surface area contributed by atoms with Crippen molar-refractivity contribution in [2.75, 3.05) is 13.1 Å². The molecule has 4 rings (SSSR count). The van der Waals surface area contributed by atoms with Crippen molar-refractivity contribution in [3.8, 4) is 17.2 Å². The molecule has 184 valence electrons. The largest absolute Gasteiger partial charge is 0.504 e. The first-order valence-corrected chi connectivity index (χ1v) is 12.4. The van der Waals surface area contributed by atoms with Crippen molar-refractivity contribution in [3.05, 3.63) is 33.1 Å². The highest BCUT2D eigenvalue weighted by atomic mass is 32.1. The zero-order valence-corrected chi connectivity index (χ0v) is 20.8. The Kier molecular flexibility index (Phi) is 6.62. The summed E-state index contributed by atoms with van der Waals surface area (Å²) in [5.74, 6) is -0.939. The smallest absolute Gasteiger partial charge is 0.410 e. The fourth-order valence-electron chi connectivity index (χ4n) is 3.96. The van der Waals surface area contributed by atoms with Crippen molar-refractivity contribution in [2.24, 2.45) is 10.1 Å². The van der Waals surface area contributed by atoms with E-state index in [1.165, 1.54) is 18.3 Å². The van der Waals surface area contributed by atoms with Crippen molar-refractivity contribution in [2.45, 2.75) is 70.9 Å². The van der Waals surface area contributed by atoms with Crippen LogP contribution in [-0.2, 0) is 4.74 Å². The Labute approximate surface area is 202 Å². The summed E-state index contributed by atoms with van der Waals surface area (Å²) in [7, 11) is 0. The molecule has 34 heavy (non-hydrogen) atoms. The average Bonchev–Trinajstić information content (AvgIpc) is 3.55. The van der Waals surface area contributed by atoms with Crippen LogP contribution in [0.5, 0.6) is 17.2 Å². The third-order valence-corrected chi connectivity index (χ3v) is 6.84. The summed E-state index contributed by atoms with van der Waals surface area (Å²) in [6.45, 7) is 8.84. The first-order chi connectivity index (χ1) is 16.0. The summed E-state index contributed by atoms with van der Waals surface area (Å²) in [6, 6.07) is 2.87. The molecule has 2 heterocycles. The number of hydrogen-bond acceptors (Lipinski definition) is 8. The van der Waals surface area contributed by atoms with Gasteiger partial charge in [-0.3, -0.25) is 4.99 Å². The van der Waals surface area contributed by atoms with Crippen molar-refractivity contribution in [1.82, 2.24) is 9.58 Å². The van der Waals surface area contributed by atoms with Crippen molar-refractivity contribution in [1.29, 1.82) is 0 Å². The number of ether oxygens (including phenoxy) is 1. The van der Waals surface area contributed by atoms with E-state index in [0.29, 0.717) is 24.6 Å². The predicted molar refractivity (Wildman–Crippen MR) is 130 cm³/mol. The molecule has 1 aromatic carbocycles. The Balaban J connectivity index is 1.57. The third kappa shape index (κ3) is 5.38. The van der Waals surface area contributed by atoms with E-state index < -0.39 is 17.1 Å². The van der Waals surface area contributed by atoms with Crippen LogP contribution in [0.1, 0.15) is 68.5 Å². The van der Waals surface area contributed by atoms with Gasteiger partial charge >= 0.3 is 6.09 Å². The molecule has 3 N–H and O–H groups in total. The molecule has 2 aliphatic rings. The molecule has 2 fully saturated rings. The van der Waals surface area contributed by atoms with Gasteiger partial charge < -0.3 is 25.0 Å². The van der Waals surface area contributed by atoms with Crippen LogP contribution in [0.2, 0.25) is 0 Å². The summed E-state index contributed by atoms with van der Waals surface area (Å²) in [5.41, 5.74) is 0.900. The number of aromatic nitrogens is 1. The fraction of sp³-hybridized carbons (Fsp3) is 0.542. The Morgan fingerprint density at radius 1 is 1.12 bits per heavy atom. The molecule has 1 saturated heterocycles. The lowest BCUT2D eigenvalue weighted by atomic mass is 10.1. The standard InChI is InChI=1S/C24H32N4O5S/c1-14-19(15-5-6-15)28(25-13-16-7-8-18(29)21(31)20(16)30)22(34-14)26-17-9-11-27(12-10-17)23(32)33-24(2,3)4/h7-8,13,15,17,29-31H,5-6,9-12H2,1-4H3. The van der Waals surface area contributed by atoms with Crippen molar-refractivity contribution < 1.29 is 24.9 Å².